The van der Waals surface area contributed by atoms with Gasteiger partial charge in [0, 0.05) is 0 Å². The molecule has 3 heterocycles. The summed E-state index contributed by atoms with van der Waals surface area (Å²) in [4.78, 5) is 40.0. The quantitative estimate of drug-likeness (QED) is 0.256. The molecular weight excluding hydrogens is 516 g/mol. The number of hydrogen-bond donors (Lipinski definition) is 4. The van der Waals surface area contributed by atoms with Crippen molar-refractivity contribution >= 4 is 29.4 Å². The van der Waals surface area contributed by atoms with Gasteiger partial charge in [-0.3, -0.25) is 14.9 Å². The number of esters is 2. The second kappa shape index (κ2) is 11.5. The van der Waals surface area contributed by atoms with Crippen molar-refractivity contribution in [2.24, 2.45) is 17.1 Å². The number of carbonyl (C=O) groups is 3. The molecule has 0 aromatic carbocycles. The number of ether oxygens (including phenoxy) is 4. The van der Waals surface area contributed by atoms with Crippen LogP contribution in [0.3, 0.4) is 0 Å². The number of nitriles is 1. The molecule has 1 aliphatic rings. The van der Waals surface area contributed by atoms with Gasteiger partial charge >= 0.3 is 18.0 Å². The van der Waals surface area contributed by atoms with Crippen molar-refractivity contribution < 1.29 is 43.5 Å². The Morgan fingerprint density at radius 2 is 1.92 bits per heavy atom. The predicted molar refractivity (Wildman–Crippen MR) is 131 cm³/mol. The molecule has 0 saturated carbocycles. The molecule has 39 heavy (non-hydrogen) atoms. The third-order valence-electron chi connectivity index (χ3n) is 6.12. The minimum Gasteiger partial charge on any atom is -0.462 e. The van der Waals surface area contributed by atoms with E-state index in [9.17, 15) is 29.9 Å². The molecule has 1 aliphatic heterocycles. The Morgan fingerprint density at radius 3 is 2.54 bits per heavy atom. The fourth-order valence-corrected chi connectivity index (χ4v) is 3.68. The summed E-state index contributed by atoms with van der Waals surface area (Å²) in [5.41, 5.74) is 3.40. The number of aliphatic hydroxyl groups is 2. The van der Waals surface area contributed by atoms with Crippen LogP contribution in [0.1, 0.15) is 40.3 Å². The van der Waals surface area contributed by atoms with E-state index in [1.165, 1.54) is 16.6 Å². The number of fused-ring (bicyclic) bond motifs is 1. The Balaban J connectivity index is 1.78. The van der Waals surface area contributed by atoms with Gasteiger partial charge in [-0.2, -0.15) is 10.4 Å². The summed E-state index contributed by atoms with van der Waals surface area (Å²) in [6.45, 7) is 7.44. The fourth-order valence-electron chi connectivity index (χ4n) is 3.68. The van der Waals surface area contributed by atoms with Crippen molar-refractivity contribution in [3.05, 3.63) is 24.2 Å². The second-order valence-corrected chi connectivity index (χ2v) is 10.3. The van der Waals surface area contributed by atoms with E-state index in [0.717, 1.165) is 6.33 Å². The molecule has 1 amide bonds. The maximum absolute atomic E-state index is 12.3. The fraction of sp³-hybridized carbons (Fsp3) is 0.583. The molecule has 212 valence electrons. The molecule has 0 aliphatic carbocycles. The zero-order valence-electron chi connectivity index (χ0n) is 22.2. The third-order valence-corrected chi connectivity index (χ3v) is 6.12. The van der Waals surface area contributed by atoms with Crippen LogP contribution >= 0.6 is 0 Å². The van der Waals surface area contributed by atoms with Crippen molar-refractivity contribution in [1.82, 2.24) is 14.6 Å². The molecule has 5 N–H and O–H groups in total. The second-order valence-electron chi connectivity index (χ2n) is 10.3. The molecule has 0 spiro atoms. The average molecular weight is 549 g/mol. The Bertz CT molecular complexity index is 1270. The predicted octanol–water partition coefficient (Wildman–Crippen LogP) is 0.191. The Kier molecular flexibility index (Phi) is 8.76. The number of hydrogen-bond acceptors (Lipinski definition) is 13. The van der Waals surface area contributed by atoms with Crippen LogP contribution in [-0.4, -0.2) is 80.6 Å². The average Bonchev–Trinajstić information content (AvgIpc) is 3.42. The molecule has 2 aromatic heterocycles. The molecule has 1 saturated heterocycles. The van der Waals surface area contributed by atoms with Gasteiger partial charge in [-0.15, -0.1) is 0 Å². The number of nitrogens with two attached hydrogens (primary N) is 1. The zero-order chi connectivity index (χ0) is 29.1. The van der Waals surface area contributed by atoms with E-state index in [-0.39, 0.29) is 17.0 Å². The third kappa shape index (κ3) is 6.09. The summed E-state index contributed by atoms with van der Waals surface area (Å²) in [6.07, 6.45) is -4.53. The Hall–Kier alpha value is -3.84. The van der Waals surface area contributed by atoms with Crippen LogP contribution in [0.25, 0.3) is 5.52 Å². The number of aromatic nitrogens is 3. The van der Waals surface area contributed by atoms with E-state index in [1.807, 2.05) is 6.07 Å². The molecule has 0 radical (unpaired) electrons. The molecule has 3 rings (SSSR count). The van der Waals surface area contributed by atoms with Crippen molar-refractivity contribution in [3.63, 3.8) is 0 Å². The molecule has 15 heteroatoms. The van der Waals surface area contributed by atoms with Gasteiger partial charge in [-0.25, -0.2) is 14.3 Å². The highest BCUT2D eigenvalue weighted by Crippen LogP contribution is 2.40. The maximum atomic E-state index is 12.3. The van der Waals surface area contributed by atoms with E-state index in [2.05, 4.69) is 15.4 Å². The molecule has 15 nitrogen and oxygen atoms in total. The topological polar surface area (TPSA) is 221 Å². The Morgan fingerprint density at radius 1 is 1.23 bits per heavy atom. The number of amides is 1. The minimum atomic E-state index is -2.12. The van der Waals surface area contributed by atoms with Gasteiger partial charge in [0.2, 0.25) is 12.4 Å². The summed E-state index contributed by atoms with van der Waals surface area (Å²) in [7, 11) is 0. The summed E-state index contributed by atoms with van der Waals surface area (Å²) in [5, 5.41) is 38.0. The van der Waals surface area contributed by atoms with Crippen LogP contribution in [-0.2, 0) is 34.1 Å². The number of aliphatic hydroxyl groups excluding tert-OH is 2. The lowest BCUT2D eigenvalue weighted by Gasteiger charge is -2.26. The number of rotatable bonds is 8. The first-order valence-electron chi connectivity index (χ1n) is 12.0. The van der Waals surface area contributed by atoms with E-state index in [1.54, 1.807) is 34.6 Å². The summed E-state index contributed by atoms with van der Waals surface area (Å²) in [6, 6.07) is 3.78. The molecule has 1 fully saturated rings. The van der Waals surface area contributed by atoms with E-state index in [4.69, 9.17) is 24.7 Å². The van der Waals surface area contributed by atoms with Crippen LogP contribution in [0.2, 0.25) is 0 Å². The minimum absolute atomic E-state index is 0.0106. The van der Waals surface area contributed by atoms with Gasteiger partial charge in [0.05, 0.1) is 11.6 Å². The lowest BCUT2D eigenvalue weighted by atomic mass is 9.87. The van der Waals surface area contributed by atoms with E-state index in [0.29, 0.717) is 0 Å². The first kappa shape index (κ1) is 29.7. The highest BCUT2D eigenvalue weighted by atomic mass is 16.7. The van der Waals surface area contributed by atoms with Crippen LogP contribution in [0.5, 0.6) is 0 Å². The molecular formula is C24H32N6O9. The van der Waals surface area contributed by atoms with E-state index >= 15 is 0 Å². The van der Waals surface area contributed by atoms with Gasteiger partial charge in [0.15, 0.2) is 5.82 Å². The van der Waals surface area contributed by atoms with Crippen LogP contribution in [0.15, 0.2) is 18.5 Å². The molecule has 5 atom stereocenters. The van der Waals surface area contributed by atoms with Gasteiger partial charge < -0.3 is 34.9 Å². The van der Waals surface area contributed by atoms with Gasteiger partial charge in [0.25, 0.3) is 0 Å². The number of carbonyl (C=O) groups excluding carboxylic acids is 3. The van der Waals surface area contributed by atoms with E-state index < -0.39 is 72.7 Å². The first-order chi connectivity index (χ1) is 18.2. The van der Waals surface area contributed by atoms with Crippen LogP contribution in [0, 0.1) is 22.7 Å². The van der Waals surface area contributed by atoms with Crippen LogP contribution < -0.4 is 11.1 Å². The van der Waals surface area contributed by atoms with Gasteiger partial charge in [-0.05, 0) is 17.5 Å². The normalized spacial score (nSPS) is 23.7. The monoisotopic (exact) mass is 548 g/mol. The number of anilines is 1. The zero-order valence-corrected chi connectivity index (χ0v) is 22.2. The SMILES string of the molecule is CC(C)C(=O)OCOC(=O)Nc1ncnn2c([C@]3(C#N)O[C@H](COC(=O)[C@@H](N)C(C)(C)C)[C@@H](O)[C@H]3O)ccc12. The standard InChI is InChI=1S/C24H32N6O9/c1-12(2)20(33)37-11-38-22(35)29-19-13-6-7-15(30(13)28-10-27-19)24(9-25)18(32)16(31)14(39-24)8-36-21(34)17(26)23(3,4)5/h6-7,10,12,14,16-18,31-32H,8,11,26H2,1-5H3,(H,27,28,29,35)/t14-,16-,17-,18-,24+/m1/s1. The largest absolute Gasteiger partial charge is 0.462 e. The summed E-state index contributed by atoms with van der Waals surface area (Å²) < 4.78 is 21.8. The molecule has 0 unspecified atom stereocenters. The molecule has 0 bridgehead atoms. The molecule has 2 aromatic rings. The van der Waals surface area contributed by atoms with Crippen molar-refractivity contribution in [2.45, 2.75) is 64.6 Å². The van der Waals surface area contributed by atoms with Crippen molar-refractivity contribution in [3.8, 4) is 6.07 Å². The van der Waals surface area contributed by atoms with Gasteiger partial charge in [-0.1, -0.05) is 34.6 Å². The maximum Gasteiger partial charge on any atom is 0.415 e. The number of nitrogens with zero attached hydrogens (tertiary/aromatic N) is 4. The lowest BCUT2D eigenvalue weighted by molar-refractivity contribution is -0.156. The first-order valence-corrected chi connectivity index (χ1v) is 12.0. The highest BCUT2D eigenvalue weighted by molar-refractivity contribution is 5.88. The van der Waals surface area contributed by atoms with Crippen LogP contribution in [0.4, 0.5) is 10.6 Å². The summed E-state index contributed by atoms with van der Waals surface area (Å²) in [5.74, 6) is -1.71. The van der Waals surface area contributed by atoms with Crippen molar-refractivity contribution in [2.75, 3.05) is 18.7 Å². The summed E-state index contributed by atoms with van der Waals surface area (Å²) >= 11 is 0. The highest BCUT2D eigenvalue weighted by Gasteiger charge is 2.58. The smallest absolute Gasteiger partial charge is 0.415 e. The number of nitrogens with one attached hydrogen (secondary N) is 1. The van der Waals surface area contributed by atoms with Gasteiger partial charge in [0.1, 0.15) is 48.9 Å². The van der Waals surface area contributed by atoms with Crippen molar-refractivity contribution in [1.29, 1.82) is 5.26 Å². The lowest BCUT2D eigenvalue weighted by Crippen LogP contribution is -2.44. The Labute approximate surface area is 223 Å².